The molecule has 1 aliphatic heterocycles. The molecule has 0 unspecified atom stereocenters. The van der Waals surface area contributed by atoms with Crippen LogP contribution in [0.25, 0.3) is 0 Å². The number of sulfonamides is 1. The van der Waals surface area contributed by atoms with Crippen LogP contribution in [-0.4, -0.2) is 56.0 Å². The van der Waals surface area contributed by atoms with Gasteiger partial charge in [0.1, 0.15) is 0 Å². The summed E-state index contributed by atoms with van der Waals surface area (Å²) in [6.07, 6.45) is 0.758. The van der Waals surface area contributed by atoms with E-state index in [1.807, 2.05) is 13.8 Å². The lowest BCUT2D eigenvalue weighted by Crippen LogP contribution is -2.40. The fourth-order valence-electron chi connectivity index (χ4n) is 3.71. The Labute approximate surface area is 170 Å². The quantitative estimate of drug-likeness (QED) is 0.703. The summed E-state index contributed by atoms with van der Waals surface area (Å²) in [4.78, 5) is 24.5. The summed E-state index contributed by atoms with van der Waals surface area (Å²) >= 11 is 0. The van der Waals surface area contributed by atoms with Gasteiger partial charge in [0.05, 0.1) is 29.9 Å². The monoisotopic (exact) mass is 422 g/mol. The Morgan fingerprint density at radius 2 is 1.59 bits per heavy atom. The van der Waals surface area contributed by atoms with Gasteiger partial charge in [-0.05, 0) is 51.0 Å². The Morgan fingerprint density at radius 1 is 1.03 bits per heavy atom. The fourth-order valence-corrected chi connectivity index (χ4v) is 5.12. The maximum absolute atomic E-state index is 12.7. The number of nitrogens with zero attached hydrogens (tertiary/aromatic N) is 1. The normalized spacial score (nSPS) is 23.7. The number of ether oxygens (including phenoxy) is 1. The highest BCUT2D eigenvalue weighted by molar-refractivity contribution is 7.89. The Bertz CT molecular complexity index is 917. The number of allylic oxidation sites excluding steroid dienone is 2. The number of nitrogens with one attached hydrogen (secondary N) is 1. The third-order valence-electron chi connectivity index (χ3n) is 5.65. The molecule has 1 fully saturated rings. The van der Waals surface area contributed by atoms with E-state index in [0.717, 1.165) is 11.1 Å². The number of carbonyl (C=O) groups excluding carboxylic acids is 1. The number of morpholine rings is 1. The fraction of sp³-hybridized carbons (Fsp3) is 0.500. The van der Waals surface area contributed by atoms with Gasteiger partial charge in [-0.1, -0.05) is 11.1 Å². The Morgan fingerprint density at radius 3 is 2.14 bits per heavy atom. The summed E-state index contributed by atoms with van der Waals surface area (Å²) in [6.45, 7) is 5.17. The van der Waals surface area contributed by atoms with Crippen molar-refractivity contribution in [3.8, 4) is 0 Å². The molecule has 1 aromatic rings. The van der Waals surface area contributed by atoms with Gasteiger partial charge in [-0.25, -0.2) is 8.42 Å². The maximum atomic E-state index is 12.7. The number of carboxylic acids is 1. The third kappa shape index (κ3) is 4.68. The predicted octanol–water partition coefficient (Wildman–Crippen LogP) is 2.09. The predicted molar refractivity (Wildman–Crippen MR) is 107 cm³/mol. The topological polar surface area (TPSA) is 113 Å². The molecule has 1 heterocycles. The van der Waals surface area contributed by atoms with Gasteiger partial charge in [0.25, 0.3) is 0 Å². The number of amides is 1. The van der Waals surface area contributed by atoms with Gasteiger partial charge in [0.2, 0.25) is 15.9 Å². The number of aliphatic carboxylic acids is 1. The summed E-state index contributed by atoms with van der Waals surface area (Å²) in [5, 5.41) is 12.2. The van der Waals surface area contributed by atoms with Crippen LogP contribution in [0.4, 0.5) is 5.69 Å². The molecule has 0 spiro atoms. The summed E-state index contributed by atoms with van der Waals surface area (Å²) in [7, 11) is -3.60. The molecular weight excluding hydrogens is 396 g/mol. The van der Waals surface area contributed by atoms with Gasteiger partial charge in [-0.2, -0.15) is 4.31 Å². The molecule has 1 aliphatic carbocycles. The highest BCUT2D eigenvalue weighted by Gasteiger charge is 2.37. The molecular formula is C20H26N2O6S. The van der Waals surface area contributed by atoms with Crippen LogP contribution in [0, 0.1) is 11.8 Å². The van der Waals surface area contributed by atoms with Crippen LogP contribution in [0.3, 0.4) is 0 Å². The van der Waals surface area contributed by atoms with Crippen molar-refractivity contribution >= 4 is 27.6 Å². The summed E-state index contributed by atoms with van der Waals surface area (Å²) in [5.74, 6) is -2.77. The van der Waals surface area contributed by atoms with Crippen LogP contribution in [-0.2, 0) is 24.3 Å². The number of hydrogen-bond donors (Lipinski definition) is 2. The molecule has 0 bridgehead atoms. The van der Waals surface area contributed by atoms with E-state index in [-0.39, 0.29) is 10.8 Å². The maximum Gasteiger partial charge on any atom is 0.307 e. The van der Waals surface area contributed by atoms with Crippen molar-refractivity contribution < 1.29 is 27.9 Å². The van der Waals surface area contributed by atoms with Gasteiger partial charge in [-0.15, -0.1) is 0 Å². The molecule has 2 N–H and O–H groups in total. The first-order chi connectivity index (χ1) is 13.7. The standard InChI is InChI=1S/C20H26N2O6S/c1-13-11-17(18(20(24)25)12-14(13)2)19(23)21-15-3-5-16(6-4-15)29(26,27)22-7-9-28-10-8-22/h3-6,17-18H,7-12H2,1-2H3,(H,21,23)(H,24,25)/t17-,18-/m0/s1. The largest absolute Gasteiger partial charge is 0.481 e. The van der Waals surface area contributed by atoms with Crippen molar-refractivity contribution in [1.82, 2.24) is 4.31 Å². The summed E-state index contributed by atoms with van der Waals surface area (Å²) in [6, 6.07) is 5.95. The Kier molecular flexibility index (Phi) is 6.40. The number of carboxylic acid groups (broad SMARTS) is 1. The van der Waals surface area contributed by atoms with Crippen molar-refractivity contribution in [2.45, 2.75) is 31.6 Å². The van der Waals surface area contributed by atoms with Crippen molar-refractivity contribution in [1.29, 1.82) is 0 Å². The second kappa shape index (κ2) is 8.64. The summed E-state index contributed by atoms with van der Waals surface area (Å²) < 4.78 is 31.9. The molecule has 158 valence electrons. The number of benzene rings is 1. The Balaban J connectivity index is 1.72. The van der Waals surface area contributed by atoms with Crippen LogP contribution >= 0.6 is 0 Å². The van der Waals surface area contributed by atoms with Gasteiger partial charge >= 0.3 is 5.97 Å². The van der Waals surface area contributed by atoms with Crippen molar-refractivity contribution in [2.75, 3.05) is 31.6 Å². The lowest BCUT2D eigenvalue weighted by molar-refractivity contribution is -0.146. The first-order valence-corrected chi connectivity index (χ1v) is 11.0. The minimum absolute atomic E-state index is 0.146. The molecule has 1 amide bonds. The smallest absolute Gasteiger partial charge is 0.307 e. The lowest BCUT2D eigenvalue weighted by atomic mass is 9.76. The Hall–Kier alpha value is -2.23. The average Bonchev–Trinajstić information content (AvgIpc) is 2.70. The second-order valence-corrected chi connectivity index (χ2v) is 9.49. The molecule has 2 aliphatic rings. The zero-order valence-corrected chi connectivity index (χ0v) is 17.4. The first-order valence-electron chi connectivity index (χ1n) is 9.57. The third-order valence-corrected chi connectivity index (χ3v) is 7.56. The molecule has 3 rings (SSSR count). The van der Waals surface area contributed by atoms with Gasteiger partial charge in [0.15, 0.2) is 0 Å². The van der Waals surface area contributed by atoms with Crippen LogP contribution in [0.5, 0.6) is 0 Å². The van der Waals surface area contributed by atoms with Crippen LogP contribution in [0.1, 0.15) is 26.7 Å². The molecule has 29 heavy (non-hydrogen) atoms. The van der Waals surface area contributed by atoms with Crippen molar-refractivity contribution in [3.63, 3.8) is 0 Å². The van der Waals surface area contributed by atoms with Gasteiger partial charge in [0, 0.05) is 18.8 Å². The van der Waals surface area contributed by atoms with Crippen LogP contribution in [0.15, 0.2) is 40.3 Å². The van der Waals surface area contributed by atoms with Crippen molar-refractivity contribution in [3.05, 3.63) is 35.4 Å². The van der Waals surface area contributed by atoms with Gasteiger partial charge < -0.3 is 15.2 Å². The van der Waals surface area contributed by atoms with E-state index in [9.17, 15) is 23.1 Å². The molecule has 0 radical (unpaired) electrons. The molecule has 1 aromatic carbocycles. The van der Waals surface area contributed by atoms with E-state index in [2.05, 4.69) is 5.32 Å². The molecule has 2 atom stereocenters. The molecule has 0 aromatic heterocycles. The lowest BCUT2D eigenvalue weighted by Gasteiger charge is -2.29. The zero-order valence-electron chi connectivity index (χ0n) is 16.6. The molecule has 0 saturated carbocycles. The minimum Gasteiger partial charge on any atom is -0.481 e. The molecule has 8 nitrogen and oxygen atoms in total. The van der Waals surface area contributed by atoms with Crippen LogP contribution in [0.2, 0.25) is 0 Å². The second-order valence-electron chi connectivity index (χ2n) is 7.55. The zero-order chi connectivity index (χ0) is 21.2. The van der Waals surface area contributed by atoms with E-state index < -0.39 is 27.8 Å². The first kappa shape index (κ1) is 21.5. The molecule has 1 saturated heterocycles. The number of carbonyl (C=O) groups is 2. The summed E-state index contributed by atoms with van der Waals surface area (Å²) in [5.41, 5.74) is 2.48. The van der Waals surface area contributed by atoms with Crippen LogP contribution < -0.4 is 5.32 Å². The van der Waals surface area contributed by atoms with E-state index in [0.29, 0.717) is 44.8 Å². The SMILES string of the molecule is CC1=C(C)C[C@H](C(=O)Nc2ccc(S(=O)(=O)N3CCOCC3)cc2)[C@@H](C(=O)O)C1. The number of rotatable bonds is 5. The highest BCUT2D eigenvalue weighted by atomic mass is 32.2. The van der Waals surface area contributed by atoms with E-state index in [1.165, 1.54) is 28.6 Å². The number of anilines is 1. The highest BCUT2D eigenvalue weighted by Crippen LogP contribution is 2.35. The van der Waals surface area contributed by atoms with Crippen molar-refractivity contribution in [2.24, 2.45) is 11.8 Å². The minimum atomic E-state index is -3.60. The number of hydrogen-bond acceptors (Lipinski definition) is 5. The van der Waals surface area contributed by atoms with E-state index in [1.54, 1.807) is 0 Å². The average molecular weight is 423 g/mol. The van der Waals surface area contributed by atoms with E-state index in [4.69, 9.17) is 4.74 Å². The van der Waals surface area contributed by atoms with Gasteiger partial charge in [-0.3, -0.25) is 9.59 Å². The molecule has 9 heteroatoms. The van der Waals surface area contributed by atoms with E-state index >= 15 is 0 Å².